The number of Topliss-reactive ketones (excluding diaryl/α,β-unsaturated/α-hetero) is 1. The average Bonchev–Trinajstić information content (AvgIpc) is 3.29. The van der Waals surface area contributed by atoms with Crippen molar-refractivity contribution in [3.05, 3.63) is 52.8 Å². The van der Waals surface area contributed by atoms with E-state index < -0.39 is 0 Å². The van der Waals surface area contributed by atoms with Crippen LogP contribution < -0.4 is 24.2 Å². The largest absolute Gasteiger partial charge is 0.872 e. The number of carbonyl (C=O) groups excluding carboxylic acids is 1. The van der Waals surface area contributed by atoms with Crippen LogP contribution in [0.2, 0.25) is 0 Å². The maximum Gasteiger partial charge on any atom is 0.231 e. The van der Waals surface area contributed by atoms with Gasteiger partial charge in [0.25, 0.3) is 0 Å². The Kier molecular flexibility index (Phi) is 4.43. The van der Waals surface area contributed by atoms with E-state index >= 15 is 0 Å². The van der Waals surface area contributed by atoms with E-state index in [-0.39, 0.29) is 24.1 Å². The SMILES string of the molecule is CC1CCC[NH+](Cc2c([O-])ccc3c2O/C(=C\c2ccc4c(c2)OCO4)C3=O)C1. The van der Waals surface area contributed by atoms with E-state index in [0.717, 1.165) is 25.1 Å². The third-order valence-corrected chi connectivity index (χ3v) is 5.88. The molecule has 0 radical (unpaired) electrons. The number of fused-ring (bicyclic) bond motifs is 2. The van der Waals surface area contributed by atoms with Gasteiger partial charge in [0, 0.05) is 11.5 Å². The summed E-state index contributed by atoms with van der Waals surface area (Å²) in [6.45, 7) is 5.12. The summed E-state index contributed by atoms with van der Waals surface area (Å²) in [6.07, 6.45) is 4.08. The summed E-state index contributed by atoms with van der Waals surface area (Å²) in [5, 5.41) is 12.6. The minimum Gasteiger partial charge on any atom is -0.872 e. The van der Waals surface area contributed by atoms with Crippen molar-refractivity contribution in [2.45, 2.75) is 26.3 Å². The van der Waals surface area contributed by atoms with Gasteiger partial charge in [0.05, 0.1) is 18.7 Å². The van der Waals surface area contributed by atoms with Gasteiger partial charge in [-0.25, -0.2) is 0 Å². The second kappa shape index (κ2) is 7.12. The Labute approximate surface area is 169 Å². The van der Waals surface area contributed by atoms with E-state index in [9.17, 15) is 9.90 Å². The van der Waals surface area contributed by atoms with E-state index in [4.69, 9.17) is 14.2 Å². The van der Waals surface area contributed by atoms with Crippen LogP contribution in [0.5, 0.6) is 23.0 Å². The van der Waals surface area contributed by atoms with Gasteiger partial charge >= 0.3 is 0 Å². The lowest BCUT2D eigenvalue weighted by Gasteiger charge is -2.29. The number of quaternary nitrogens is 1. The second-order valence-electron chi connectivity index (χ2n) is 8.10. The number of benzene rings is 2. The quantitative estimate of drug-likeness (QED) is 0.807. The number of ketones is 1. The highest BCUT2D eigenvalue weighted by atomic mass is 16.7. The molecule has 0 spiro atoms. The predicted molar refractivity (Wildman–Crippen MR) is 104 cm³/mol. The smallest absolute Gasteiger partial charge is 0.231 e. The molecule has 0 saturated carbocycles. The molecule has 1 saturated heterocycles. The minimum absolute atomic E-state index is 0.0633. The fourth-order valence-corrected chi connectivity index (χ4v) is 4.42. The van der Waals surface area contributed by atoms with Crippen LogP contribution in [0.25, 0.3) is 6.08 Å². The second-order valence-corrected chi connectivity index (χ2v) is 8.10. The van der Waals surface area contributed by atoms with Crippen LogP contribution in [0.3, 0.4) is 0 Å². The molecule has 2 unspecified atom stereocenters. The minimum atomic E-state index is -0.194. The van der Waals surface area contributed by atoms with Gasteiger partial charge in [0.1, 0.15) is 12.3 Å². The Morgan fingerprint density at radius 1 is 1.21 bits per heavy atom. The molecule has 6 heteroatoms. The van der Waals surface area contributed by atoms with E-state index in [2.05, 4.69) is 6.92 Å². The molecule has 29 heavy (non-hydrogen) atoms. The van der Waals surface area contributed by atoms with E-state index in [0.29, 0.717) is 40.8 Å². The standard InChI is InChI=1S/C23H23NO5/c1-14-3-2-8-24(11-14)12-17-18(25)6-5-16-22(26)21(29-23(16)17)10-15-4-7-19-20(9-15)28-13-27-19/h4-7,9-10,14,25H,2-3,8,11-13H2,1H3/b21-10-. The predicted octanol–water partition coefficient (Wildman–Crippen LogP) is 1.92. The Bertz CT molecular complexity index is 1010. The van der Waals surface area contributed by atoms with Crippen LogP contribution in [0.4, 0.5) is 0 Å². The molecule has 2 atom stereocenters. The number of likely N-dealkylation sites (tertiary alicyclic amines) is 1. The number of rotatable bonds is 3. The Morgan fingerprint density at radius 3 is 2.93 bits per heavy atom. The third kappa shape index (κ3) is 3.34. The molecule has 0 aliphatic carbocycles. The lowest BCUT2D eigenvalue weighted by atomic mass is 9.99. The van der Waals surface area contributed by atoms with Crippen LogP contribution in [0, 0.1) is 5.92 Å². The van der Waals surface area contributed by atoms with Crippen molar-refractivity contribution in [2.24, 2.45) is 5.92 Å². The Hall–Kier alpha value is -2.99. The van der Waals surface area contributed by atoms with E-state index in [1.54, 1.807) is 12.1 Å². The highest BCUT2D eigenvalue weighted by molar-refractivity contribution is 6.15. The molecule has 6 nitrogen and oxygen atoms in total. The van der Waals surface area contributed by atoms with Gasteiger partial charge in [-0.05, 0) is 42.7 Å². The number of allylic oxidation sites excluding steroid dienone is 1. The third-order valence-electron chi connectivity index (χ3n) is 5.88. The van der Waals surface area contributed by atoms with Crippen LogP contribution in [0.15, 0.2) is 36.1 Å². The van der Waals surface area contributed by atoms with Crippen molar-refractivity contribution in [3.63, 3.8) is 0 Å². The van der Waals surface area contributed by atoms with Crippen molar-refractivity contribution in [2.75, 3.05) is 19.9 Å². The fraction of sp³-hybridized carbons (Fsp3) is 0.348. The zero-order valence-electron chi connectivity index (χ0n) is 16.3. The first-order valence-electron chi connectivity index (χ1n) is 10.1. The van der Waals surface area contributed by atoms with Crippen LogP contribution >= 0.6 is 0 Å². The lowest BCUT2D eigenvalue weighted by Crippen LogP contribution is -3.12. The number of carbonyl (C=O) groups is 1. The molecular weight excluding hydrogens is 370 g/mol. The van der Waals surface area contributed by atoms with Crippen molar-refractivity contribution < 1.29 is 29.0 Å². The normalized spacial score (nSPS) is 23.9. The van der Waals surface area contributed by atoms with Gasteiger partial charge in [-0.3, -0.25) is 4.79 Å². The molecule has 5 rings (SSSR count). The van der Waals surface area contributed by atoms with Gasteiger partial charge in [0.2, 0.25) is 12.6 Å². The number of piperidine rings is 1. The highest BCUT2D eigenvalue weighted by Crippen LogP contribution is 2.39. The van der Waals surface area contributed by atoms with Crippen molar-refractivity contribution in [1.82, 2.24) is 0 Å². The van der Waals surface area contributed by atoms with Gasteiger partial charge in [-0.2, -0.15) is 0 Å². The van der Waals surface area contributed by atoms with Gasteiger partial charge in [0.15, 0.2) is 17.3 Å². The van der Waals surface area contributed by atoms with E-state index in [1.165, 1.54) is 17.4 Å². The molecular formula is C23H23NO5. The lowest BCUT2D eigenvalue weighted by molar-refractivity contribution is -0.922. The van der Waals surface area contributed by atoms with Crippen LogP contribution in [0.1, 0.15) is 41.3 Å². The molecule has 0 aromatic heterocycles. The summed E-state index contributed by atoms with van der Waals surface area (Å²) in [5.74, 6) is 2.38. The van der Waals surface area contributed by atoms with Gasteiger partial charge in [-0.1, -0.05) is 24.8 Å². The molecule has 2 aromatic rings. The molecule has 150 valence electrons. The molecule has 1 N–H and O–H groups in total. The Balaban J connectivity index is 1.44. The summed E-state index contributed by atoms with van der Waals surface area (Å²) < 4.78 is 16.7. The summed E-state index contributed by atoms with van der Waals surface area (Å²) in [5.41, 5.74) is 1.86. The topological polar surface area (TPSA) is 72.3 Å². The maximum atomic E-state index is 12.9. The summed E-state index contributed by atoms with van der Waals surface area (Å²) >= 11 is 0. The zero-order valence-corrected chi connectivity index (χ0v) is 16.3. The molecule has 3 aliphatic rings. The van der Waals surface area contributed by atoms with Crippen LogP contribution in [-0.2, 0) is 6.54 Å². The summed E-state index contributed by atoms with van der Waals surface area (Å²) in [6, 6.07) is 8.54. The fourth-order valence-electron chi connectivity index (χ4n) is 4.42. The summed E-state index contributed by atoms with van der Waals surface area (Å²) in [4.78, 5) is 14.3. The molecule has 0 amide bonds. The van der Waals surface area contributed by atoms with Gasteiger partial charge < -0.3 is 24.2 Å². The van der Waals surface area contributed by atoms with Crippen LogP contribution in [-0.4, -0.2) is 25.7 Å². The monoisotopic (exact) mass is 393 g/mol. The highest BCUT2D eigenvalue weighted by Gasteiger charge is 2.32. The maximum absolute atomic E-state index is 12.9. The number of ether oxygens (including phenoxy) is 3. The zero-order chi connectivity index (χ0) is 20.0. The first kappa shape index (κ1) is 18.1. The molecule has 2 aromatic carbocycles. The average molecular weight is 393 g/mol. The van der Waals surface area contributed by atoms with E-state index in [1.807, 2.05) is 18.2 Å². The van der Waals surface area contributed by atoms with Gasteiger partial charge in [-0.15, -0.1) is 0 Å². The number of hydrogen-bond acceptors (Lipinski definition) is 5. The first-order valence-corrected chi connectivity index (χ1v) is 10.1. The molecule has 3 aliphatic heterocycles. The number of nitrogens with one attached hydrogen (secondary N) is 1. The van der Waals surface area contributed by atoms with Crippen molar-refractivity contribution >= 4 is 11.9 Å². The Morgan fingerprint density at radius 2 is 2.07 bits per heavy atom. The number of hydrogen-bond donors (Lipinski definition) is 1. The molecule has 1 fully saturated rings. The summed E-state index contributed by atoms with van der Waals surface area (Å²) in [7, 11) is 0. The molecule has 0 bridgehead atoms. The van der Waals surface area contributed by atoms with Crippen molar-refractivity contribution in [3.8, 4) is 23.0 Å². The molecule has 3 heterocycles. The van der Waals surface area contributed by atoms with Crippen molar-refractivity contribution in [1.29, 1.82) is 0 Å². The first-order chi connectivity index (χ1) is 14.1.